The molecule has 2 aromatic heterocycles. The molecular formula is C38H40FN5O6. The summed E-state index contributed by atoms with van der Waals surface area (Å²) in [5, 5.41) is 4.93. The molecule has 11 nitrogen and oxygen atoms in total. The Morgan fingerprint density at radius 3 is 2.56 bits per heavy atom. The summed E-state index contributed by atoms with van der Waals surface area (Å²) in [7, 11) is 0. The lowest BCUT2D eigenvalue weighted by Gasteiger charge is -2.30. The van der Waals surface area contributed by atoms with E-state index < -0.39 is 17.2 Å². The van der Waals surface area contributed by atoms with E-state index in [1.54, 1.807) is 15.7 Å². The summed E-state index contributed by atoms with van der Waals surface area (Å²) < 4.78 is 36.4. The zero-order valence-electron chi connectivity index (χ0n) is 27.0. The van der Waals surface area contributed by atoms with Crippen LogP contribution in [0.3, 0.4) is 0 Å². The molecule has 4 aliphatic heterocycles. The van der Waals surface area contributed by atoms with E-state index in [0.717, 1.165) is 30.4 Å². The summed E-state index contributed by atoms with van der Waals surface area (Å²) >= 11 is 0. The van der Waals surface area contributed by atoms with Gasteiger partial charge in [0.1, 0.15) is 27.9 Å². The van der Waals surface area contributed by atoms with Crippen molar-refractivity contribution < 1.29 is 27.9 Å². The van der Waals surface area contributed by atoms with Gasteiger partial charge in [0, 0.05) is 68.2 Å². The van der Waals surface area contributed by atoms with Crippen LogP contribution in [0.2, 0.25) is 0 Å². The average molecular weight is 682 g/mol. The monoisotopic (exact) mass is 681 g/mol. The number of anilines is 1. The third-order valence-electron chi connectivity index (χ3n) is 10.4. The second kappa shape index (κ2) is 12.7. The number of pyridine rings is 1. The van der Waals surface area contributed by atoms with Crippen LogP contribution in [0.5, 0.6) is 11.5 Å². The fraction of sp³-hybridized carbons (Fsp3) is 0.395. The average Bonchev–Trinajstić information content (AvgIpc) is 3.88. The van der Waals surface area contributed by atoms with Gasteiger partial charge in [-0.05, 0) is 50.6 Å². The van der Waals surface area contributed by atoms with Crippen LogP contribution in [0.25, 0.3) is 38.5 Å². The highest BCUT2D eigenvalue weighted by Gasteiger charge is 2.35. The van der Waals surface area contributed by atoms with Gasteiger partial charge in [-0.25, -0.2) is 4.39 Å². The number of nitrogens with zero attached hydrogens (tertiary/aromatic N) is 4. The van der Waals surface area contributed by atoms with Gasteiger partial charge in [0.15, 0.2) is 17.3 Å². The zero-order chi connectivity index (χ0) is 33.2. The maximum atomic E-state index is 16.4. The fourth-order valence-electron chi connectivity index (χ4n) is 7.85. The van der Waals surface area contributed by atoms with Crippen LogP contribution in [-0.4, -0.2) is 91.3 Å². The Balaban J connectivity index is 0.00000361. The number of furan rings is 1. The van der Waals surface area contributed by atoms with Crippen LogP contribution in [0.4, 0.5) is 10.1 Å². The van der Waals surface area contributed by atoms with Gasteiger partial charge in [0.25, 0.3) is 5.91 Å². The highest BCUT2D eigenvalue weighted by molar-refractivity contribution is 6.07. The normalized spacial score (nSPS) is 18.8. The van der Waals surface area contributed by atoms with Crippen molar-refractivity contribution in [3.63, 3.8) is 0 Å². The number of fused-ring (bicyclic) bond motifs is 5. The summed E-state index contributed by atoms with van der Waals surface area (Å²) in [6.45, 7) is 5.18. The molecule has 5 aromatic rings. The van der Waals surface area contributed by atoms with Gasteiger partial charge >= 0.3 is 0 Å². The lowest BCUT2D eigenvalue weighted by molar-refractivity contribution is -0.121. The molecule has 12 heteroatoms. The first-order valence-electron chi connectivity index (χ1n) is 17.1. The maximum absolute atomic E-state index is 16.4. The minimum atomic E-state index is -0.624. The Hall–Kier alpha value is -4.94. The Kier molecular flexibility index (Phi) is 8.23. The lowest BCUT2D eigenvalue weighted by atomic mass is 10.0. The second-order valence-corrected chi connectivity index (χ2v) is 13.4. The quantitative estimate of drug-likeness (QED) is 0.248. The number of hydrogen-bond donors (Lipinski definition) is 1. The third kappa shape index (κ3) is 5.37. The van der Waals surface area contributed by atoms with E-state index in [2.05, 4.69) is 10.2 Å². The molecule has 0 aliphatic carbocycles. The molecule has 0 saturated carbocycles. The van der Waals surface area contributed by atoms with Crippen molar-refractivity contribution >= 4 is 50.3 Å². The molecule has 0 bridgehead atoms. The summed E-state index contributed by atoms with van der Waals surface area (Å²) in [4.78, 5) is 46.4. The largest absolute Gasteiger partial charge is 0.456 e. The number of benzene rings is 3. The van der Waals surface area contributed by atoms with Crippen LogP contribution in [0.15, 0.2) is 57.9 Å². The number of nitrogens with one attached hydrogen (secondary N) is 1. The molecule has 3 fully saturated rings. The van der Waals surface area contributed by atoms with Crippen LogP contribution in [0.1, 0.15) is 43.5 Å². The summed E-state index contributed by atoms with van der Waals surface area (Å²) in [5.41, 5.74) is 1.89. The van der Waals surface area contributed by atoms with E-state index in [0.29, 0.717) is 80.4 Å². The number of halogens is 1. The van der Waals surface area contributed by atoms with Crippen LogP contribution < -0.4 is 20.4 Å². The molecule has 260 valence electrons. The van der Waals surface area contributed by atoms with E-state index in [1.807, 2.05) is 41.3 Å². The molecule has 3 aromatic carbocycles. The Labute approximate surface area is 288 Å². The topological polar surface area (TPSA) is 109 Å². The van der Waals surface area contributed by atoms with Crippen molar-refractivity contribution in [2.75, 3.05) is 63.9 Å². The number of ether oxygens (including phenoxy) is 2. The summed E-state index contributed by atoms with van der Waals surface area (Å²) in [6.07, 6.45) is 4.98. The van der Waals surface area contributed by atoms with Crippen molar-refractivity contribution in [2.45, 2.75) is 39.2 Å². The van der Waals surface area contributed by atoms with Crippen molar-refractivity contribution in [1.29, 1.82) is 0 Å². The van der Waals surface area contributed by atoms with Crippen molar-refractivity contribution in [1.82, 2.24) is 19.7 Å². The SMILES string of the molecule is C.O=C(CCN1CCCC1)N[C@@H]1CCN(c2c(F)cc3c(=O)c(C(=O)N4CCOCC4)cn4c3c2Oc2cc3c(cc2-4)oc2ccccc23)C1. The Bertz CT molecular complexity index is 2220. The number of carbonyl (C=O) groups is 2. The minimum absolute atomic E-state index is 0. The van der Waals surface area contributed by atoms with E-state index >= 15 is 4.39 Å². The van der Waals surface area contributed by atoms with Gasteiger partial charge in [0.05, 0.1) is 24.3 Å². The summed E-state index contributed by atoms with van der Waals surface area (Å²) in [5.74, 6) is -0.406. The lowest BCUT2D eigenvalue weighted by Crippen LogP contribution is -2.42. The van der Waals surface area contributed by atoms with E-state index in [4.69, 9.17) is 13.9 Å². The number of carbonyl (C=O) groups excluding carboxylic acids is 2. The van der Waals surface area contributed by atoms with Crippen molar-refractivity contribution in [3.8, 4) is 17.2 Å². The number of morpholine rings is 1. The molecule has 1 N–H and O–H groups in total. The van der Waals surface area contributed by atoms with Gasteiger partial charge in [-0.2, -0.15) is 0 Å². The highest BCUT2D eigenvalue weighted by Crippen LogP contribution is 2.49. The molecule has 0 unspecified atom stereocenters. The number of aromatic nitrogens is 1. The van der Waals surface area contributed by atoms with E-state index in [9.17, 15) is 14.4 Å². The van der Waals surface area contributed by atoms with Crippen LogP contribution in [-0.2, 0) is 9.53 Å². The number of rotatable bonds is 6. The van der Waals surface area contributed by atoms with Gasteiger partial charge < -0.3 is 38.5 Å². The molecule has 50 heavy (non-hydrogen) atoms. The number of likely N-dealkylation sites (tertiary alicyclic amines) is 1. The second-order valence-electron chi connectivity index (χ2n) is 13.4. The van der Waals surface area contributed by atoms with Crippen LogP contribution >= 0.6 is 0 Å². The van der Waals surface area contributed by atoms with Gasteiger partial charge in [-0.15, -0.1) is 0 Å². The Morgan fingerprint density at radius 2 is 1.74 bits per heavy atom. The van der Waals surface area contributed by atoms with Crippen molar-refractivity contribution in [2.24, 2.45) is 0 Å². The van der Waals surface area contributed by atoms with E-state index in [1.165, 1.54) is 18.9 Å². The minimum Gasteiger partial charge on any atom is -0.456 e. The zero-order valence-corrected chi connectivity index (χ0v) is 27.0. The number of hydrogen-bond acceptors (Lipinski definition) is 8. The smallest absolute Gasteiger partial charge is 0.259 e. The fourth-order valence-corrected chi connectivity index (χ4v) is 7.85. The molecule has 9 rings (SSSR count). The standard InChI is InChI=1S/C37H36FN5O6.CH4/c38-27-17-25-33-36(34(27)42-12-7-22(20-42)39-32(44)8-11-40-9-3-4-10-40)49-31-18-24-23-5-1-2-6-29(23)48-30(24)19-28(31)43(33)21-26(35(25)45)37(46)41-13-15-47-16-14-41;/h1-2,5-6,17-19,21-22H,3-4,7-16,20H2,(H,39,44);1H4/t22-;/m1./s1. The molecule has 4 aliphatic rings. The molecule has 0 radical (unpaired) electrons. The first kappa shape index (κ1) is 32.3. The van der Waals surface area contributed by atoms with Gasteiger partial charge in [-0.3, -0.25) is 14.4 Å². The van der Waals surface area contributed by atoms with E-state index in [-0.39, 0.29) is 41.8 Å². The molecular weight excluding hydrogens is 641 g/mol. The van der Waals surface area contributed by atoms with Crippen LogP contribution in [0, 0.1) is 5.82 Å². The van der Waals surface area contributed by atoms with Gasteiger partial charge in [0.2, 0.25) is 11.3 Å². The third-order valence-corrected chi connectivity index (χ3v) is 10.4. The molecule has 3 saturated heterocycles. The predicted molar refractivity (Wildman–Crippen MR) is 189 cm³/mol. The summed E-state index contributed by atoms with van der Waals surface area (Å²) in [6, 6.07) is 12.5. The highest BCUT2D eigenvalue weighted by atomic mass is 19.1. The molecule has 6 heterocycles. The number of amides is 2. The predicted octanol–water partition coefficient (Wildman–Crippen LogP) is 5.42. The first-order valence-corrected chi connectivity index (χ1v) is 17.1. The van der Waals surface area contributed by atoms with Crippen molar-refractivity contribution in [3.05, 3.63) is 70.3 Å². The molecule has 1 atom stereocenters. The number of para-hydroxylation sites is 1. The van der Waals surface area contributed by atoms with Gasteiger partial charge in [-0.1, -0.05) is 25.6 Å². The molecule has 2 amide bonds. The molecule has 0 spiro atoms. The maximum Gasteiger partial charge on any atom is 0.259 e. The first-order chi connectivity index (χ1) is 23.9. The Morgan fingerprint density at radius 1 is 0.940 bits per heavy atom.